The van der Waals surface area contributed by atoms with Gasteiger partial charge in [0.2, 0.25) is 0 Å². The quantitative estimate of drug-likeness (QED) is 0.196. The SMILES string of the molecule is CC1(C)c2cc(-c3nc(-c4ccccc4)cc(-c4ccccc4)n3)c3ccccc3c2-c2c1c1ccccc1c1ccccc21. The summed E-state index contributed by atoms with van der Waals surface area (Å²) in [5.74, 6) is 0.746. The molecule has 8 aromatic rings. The van der Waals surface area contributed by atoms with Gasteiger partial charge in [0.05, 0.1) is 11.4 Å². The highest BCUT2D eigenvalue weighted by Crippen LogP contribution is 2.57. The molecule has 1 heterocycles. The fourth-order valence-electron chi connectivity index (χ4n) is 7.59. The van der Waals surface area contributed by atoms with Gasteiger partial charge in [0.1, 0.15) is 0 Å². The fourth-order valence-corrected chi connectivity index (χ4v) is 7.59. The van der Waals surface area contributed by atoms with Crippen molar-refractivity contribution in [1.82, 2.24) is 9.97 Å². The highest BCUT2D eigenvalue weighted by Gasteiger charge is 2.40. The van der Waals surface area contributed by atoms with E-state index in [0.29, 0.717) is 0 Å². The van der Waals surface area contributed by atoms with E-state index in [-0.39, 0.29) is 5.41 Å². The normalized spacial score (nSPS) is 13.3. The maximum absolute atomic E-state index is 5.26. The summed E-state index contributed by atoms with van der Waals surface area (Å²) >= 11 is 0. The summed E-state index contributed by atoms with van der Waals surface area (Å²) < 4.78 is 0. The Hall–Kier alpha value is -5.60. The summed E-state index contributed by atoms with van der Waals surface area (Å²) in [5.41, 5.74) is 10.2. The van der Waals surface area contributed by atoms with E-state index in [9.17, 15) is 0 Å². The predicted octanol–water partition coefficient (Wildman–Crippen LogP) is 11.2. The Morgan fingerprint density at radius 1 is 0.422 bits per heavy atom. The summed E-state index contributed by atoms with van der Waals surface area (Å²) in [6.45, 7) is 4.77. The molecule has 212 valence electrons. The minimum atomic E-state index is -0.230. The summed E-state index contributed by atoms with van der Waals surface area (Å²) in [6, 6.07) is 52.0. The molecule has 0 atom stereocenters. The van der Waals surface area contributed by atoms with E-state index in [1.165, 1.54) is 54.6 Å². The largest absolute Gasteiger partial charge is 0.228 e. The number of hydrogen-bond donors (Lipinski definition) is 0. The van der Waals surface area contributed by atoms with Crippen molar-refractivity contribution in [3.05, 3.63) is 157 Å². The smallest absolute Gasteiger partial charge is 0.161 e. The maximum Gasteiger partial charge on any atom is 0.161 e. The lowest BCUT2D eigenvalue weighted by atomic mass is 9.78. The van der Waals surface area contributed by atoms with Gasteiger partial charge in [0.15, 0.2) is 5.82 Å². The molecule has 0 fully saturated rings. The average Bonchev–Trinajstić information content (AvgIpc) is 3.35. The van der Waals surface area contributed by atoms with Crippen LogP contribution < -0.4 is 0 Å². The lowest BCUT2D eigenvalue weighted by molar-refractivity contribution is 0.667. The van der Waals surface area contributed by atoms with Crippen LogP contribution >= 0.6 is 0 Å². The van der Waals surface area contributed by atoms with Crippen LogP contribution in [0.25, 0.3) is 77.3 Å². The van der Waals surface area contributed by atoms with E-state index in [4.69, 9.17) is 9.97 Å². The van der Waals surface area contributed by atoms with Crippen molar-refractivity contribution in [3.8, 4) is 45.0 Å². The first-order valence-electron chi connectivity index (χ1n) is 15.6. The molecule has 0 aliphatic heterocycles. The standard InChI is InChI=1S/C43H30N2/c1-43(2)36-25-35(42-44-37(27-15-5-3-6-16-27)26-38(45-42)28-17-7-4-8-18-28)31-21-10-12-22-32(31)39(36)40-33-23-13-9-19-29(33)30-20-11-14-24-34(30)41(40)43/h3-26H,1-2H3. The summed E-state index contributed by atoms with van der Waals surface area (Å²) in [7, 11) is 0. The first-order chi connectivity index (χ1) is 22.1. The molecular weight excluding hydrogens is 544 g/mol. The molecule has 0 unspecified atom stereocenters. The summed E-state index contributed by atoms with van der Waals surface area (Å²) in [5, 5.41) is 7.66. The average molecular weight is 575 g/mol. The zero-order chi connectivity index (χ0) is 30.1. The highest BCUT2D eigenvalue weighted by atomic mass is 14.9. The Morgan fingerprint density at radius 2 is 0.867 bits per heavy atom. The number of aromatic nitrogens is 2. The highest BCUT2D eigenvalue weighted by molar-refractivity contribution is 6.22. The minimum Gasteiger partial charge on any atom is -0.228 e. The molecule has 0 radical (unpaired) electrons. The van der Waals surface area contributed by atoms with Crippen LogP contribution in [0, 0.1) is 0 Å². The summed E-state index contributed by atoms with van der Waals surface area (Å²) in [4.78, 5) is 10.5. The lowest BCUT2D eigenvalue weighted by Crippen LogP contribution is -2.16. The molecule has 9 rings (SSSR count). The number of benzene rings is 7. The van der Waals surface area contributed by atoms with Gasteiger partial charge in [-0.2, -0.15) is 0 Å². The van der Waals surface area contributed by atoms with Crippen molar-refractivity contribution >= 4 is 32.3 Å². The lowest BCUT2D eigenvalue weighted by Gasteiger charge is -2.24. The molecule has 0 bridgehead atoms. The molecule has 0 saturated heterocycles. The van der Waals surface area contributed by atoms with Crippen molar-refractivity contribution in [2.75, 3.05) is 0 Å². The van der Waals surface area contributed by atoms with Crippen molar-refractivity contribution in [2.24, 2.45) is 0 Å². The second kappa shape index (κ2) is 9.70. The molecule has 1 aliphatic rings. The Kier molecular flexibility index (Phi) is 5.58. The number of rotatable bonds is 3. The van der Waals surface area contributed by atoms with E-state index in [0.717, 1.165) is 33.9 Å². The third-order valence-electron chi connectivity index (χ3n) is 9.63. The molecule has 0 spiro atoms. The molecule has 0 N–H and O–H groups in total. The Labute approximate surface area is 262 Å². The van der Waals surface area contributed by atoms with Crippen LogP contribution in [-0.4, -0.2) is 9.97 Å². The van der Waals surface area contributed by atoms with Gasteiger partial charge in [0.25, 0.3) is 0 Å². The van der Waals surface area contributed by atoms with Crippen LogP contribution in [-0.2, 0) is 5.41 Å². The summed E-state index contributed by atoms with van der Waals surface area (Å²) in [6.07, 6.45) is 0. The van der Waals surface area contributed by atoms with Gasteiger partial charge in [-0.1, -0.05) is 147 Å². The van der Waals surface area contributed by atoms with E-state index < -0.39 is 0 Å². The van der Waals surface area contributed by atoms with E-state index in [2.05, 4.69) is 147 Å². The maximum atomic E-state index is 5.26. The Balaban J connectivity index is 1.39. The van der Waals surface area contributed by atoms with Gasteiger partial charge >= 0.3 is 0 Å². The topological polar surface area (TPSA) is 25.8 Å². The molecule has 2 heteroatoms. The predicted molar refractivity (Wildman–Crippen MR) is 188 cm³/mol. The van der Waals surface area contributed by atoms with Crippen LogP contribution in [0.15, 0.2) is 146 Å². The second-order valence-corrected chi connectivity index (χ2v) is 12.6. The molecule has 1 aromatic heterocycles. The third-order valence-corrected chi connectivity index (χ3v) is 9.63. The molecule has 0 saturated carbocycles. The molecule has 2 nitrogen and oxygen atoms in total. The third kappa shape index (κ3) is 3.82. The molecule has 45 heavy (non-hydrogen) atoms. The molecule has 1 aliphatic carbocycles. The van der Waals surface area contributed by atoms with Gasteiger partial charge in [-0.25, -0.2) is 9.97 Å². The van der Waals surface area contributed by atoms with Gasteiger partial charge in [-0.15, -0.1) is 0 Å². The molecule has 0 amide bonds. The number of nitrogens with zero attached hydrogens (tertiary/aromatic N) is 2. The Bertz CT molecular complexity index is 2380. The fraction of sp³-hybridized carbons (Fsp3) is 0.0698. The van der Waals surface area contributed by atoms with Crippen LogP contribution in [0.4, 0.5) is 0 Å². The zero-order valence-electron chi connectivity index (χ0n) is 25.3. The minimum absolute atomic E-state index is 0.230. The Morgan fingerprint density at radius 3 is 1.44 bits per heavy atom. The first-order valence-corrected chi connectivity index (χ1v) is 15.6. The van der Waals surface area contributed by atoms with Gasteiger partial charge < -0.3 is 0 Å². The van der Waals surface area contributed by atoms with Crippen LogP contribution in [0.2, 0.25) is 0 Å². The van der Waals surface area contributed by atoms with Gasteiger partial charge in [0, 0.05) is 22.1 Å². The first kappa shape index (κ1) is 25.9. The van der Waals surface area contributed by atoms with E-state index in [1.54, 1.807) is 0 Å². The molecular formula is C43H30N2. The monoisotopic (exact) mass is 574 g/mol. The van der Waals surface area contributed by atoms with E-state index in [1.807, 2.05) is 12.1 Å². The van der Waals surface area contributed by atoms with E-state index >= 15 is 0 Å². The second-order valence-electron chi connectivity index (χ2n) is 12.6. The van der Waals surface area contributed by atoms with Crippen molar-refractivity contribution in [1.29, 1.82) is 0 Å². The van der Waals surface area contributed by atoms with Gasteiger partial charge in [-0.3, -0.25) is 0 Å². The number of fused-ring (bicyclic) bond motifs is 10. The van der Waals surface area contributed by atoms with Crippen LogP contribution in [0.1, 0.15) is 25.0 Å². The number of hydrogen-bond acceptors (Lipinski definition) is 2. The van der Waals surface area contributed by atoms with Gasteiger partial charge in [-0.05, 0) is 66.7 Å². The van der Waals surface area contributed by atoms with Crippen molar-refractivity contribution in [2.45, 2.75) is 19.3 Å². The zero-order valence-corrected chi connectivity index (χ0v) is 25.3. The van der Waals surface area contributed by atoms with Crippen LogP contribution in [0.3, 0.4) is 0 Å². The van der Waals surface area contributed by atoms with Crippen molar-refractivity contribution in [3.63, 3.8) is 0 Å². The van der Waals surface area contributed by atoms with Crippen molar-refractivity contribution < 1.29 is 0 Å². The van der Waals surface area contributed by atoms with Crippen LogP contribution in [0.5, 0.6) is 0 Å². The molecule has 7 aromatic carbocycles.